The molecular weight excluding hydrogens is 282 g/mol. The maximum Gasteiger partial charge on any atom is 0.244 e. The number of carbonyl (C=O) groups is 1. The molecule has 20 heavy (non-hydrogen) atoms. The van der Waals surface area contributed by atoms with E-state index < -0.39 is 10.0 Å². The van der Waals surface area contributed by atoms with Crippen molar-refractivity contribution in [2.75, 3.05) is 18.5 Å². The van der Waals surface area contributed by atoms with Crippen LogP contribution in [0.5, 0.6) is 0 Å². The van der Waals surface area contributed by atoms with Gasteiger partial charge in [0.15, 0.2) is 5.82 Å². The molecular formula is C11H17N5O3S. The van der Waals surface area contributed by atoms with E-state index in [2.05, 4.69) is 20.4 Å². The van der Waals surface area contributed by atoms with Gasteiger partial charge in [0.05, 0.1) is 0 Å². The molecule has 1 amide bonds. The molecule has 0 radical (unpaired) electrons. The summed E-state index contributed by atoms with van der Waals surface area (Å²) in [5, 5.41) is 2.68. The van der Waals surface area contributed by atoms with Crippen molar-refractivity contribution in [3.63, 3.8) is 0 Å². The number of hydrogen-bond acceptors (Lipinski definition) is 6. The number of hydrazine groups is 1. The fourth-order valence-electron chi connectivity index (χ4n) is 1.65. The van der Waals surface area contributed by atoms with E-state index in [1.54, 1.807) is 0 Å². The Hall–Kier alpha value is -1.71. The molecule has 5 N–H and O–H groups in total. The van der Waals surface area contributed by atoms with Crippen molar-refractivity contribution in [2.24, 2.45) is 11.8 Å². The number of sulfonamides is 1. The van der Waals surface area contributed by atoms with Crippen molar-refractivity contribution in [1.82, 2.24) is 15.0 Å². The lowest BCUT2D eigenvalue weighted by Gasteiger charge is -2.10. The Morgan fingerprint density at radius 2 is 2.15 bits per heavy atom. The van der Waals surface area contributed by atoms with Gasteiger partial charge < -0.3 is 10.7 Å². The highest BCUT2D eigenvalue weighted by Crippen LogP contribution is 2.28. The zero-order chi connectivity index (χ0) is 14.6. The van der Waals surface area contributed by atoms with Crippen molar-refractivity contribution >= 4 is 21.7 Å². The summed E-state index contributed by atoms with van der Waals surface area (Å²) in [5.74, 6) is 5.38. The molecule has 0 aromatic carbocycles. The third kappa shape index (κ3) is 3.65. The van der Waals surface area contributed by atoms with E-state index in [0.29, 0.717) is 0 Å². The normalized spacial score (nSPS) is 14.8. The highest BCUT2D eigenvalue weighted by atomic mass is 32.2. The Kier molecular flexibility index (Phi) is 4.53. The number of hydrogen-bond donors (Lipinski definition) is 4. The molecule has 110 valence electrons. The maximum atomic E-state index is 12.0. The van der Waals surface area contributed by atoms with Gasteiger partial charge in [0.1, 0.15) is 4.90 Å². The van der Waals surface area contributed by atoms with Crippen LogP contribution >= 0.6 is 0 Å². The molecule has 0 unspecified atom stereocenters. The molecule has 8 nitrogen and oxygen atoms in total. The first-order chi connectivity index (χ1) is 9.54. The SMILES string of the molecule is NNc1ncccc1S(=O)(=O)NCCNC(=O)C1CC1. The monoisotopic (exact) mass is 299 g/mol. The number of pyridine rings is 1. The first-order valence-electron chi connectivity index (χ1n) is 6.23. The summed E-state index contributed by atoms with van der Waals surface area (Å²) in [7, 11) is -3.71. The number of amides is 1. The Labute approximate surface area is 117 Å². The summed E-state index contributed by atoms with van der Waals surface area (Å²) in [6.07, 6.45) is 3.27. The maximum absolute atomic E-state index is 12.0. The zero-order valence-corrected chi connectivity index (χ0v) is 11.6. The Bertz CT molecular complexity index is 585. The van der Waals surface area contributed by atoms with Crippen LogP contribution in [0.15, 0.2) is 23.2 Å². The molecule has 1 heterocycles. The fourth-order valence-corrected chi connectivity index (χ4v) is 2.80. The van der Waals surface area contributed by atoms with Crippen LogP contribution in [0.4, 0.5) is 5.82 Å². The molecule has 0 bridgehead atoms. The molecule has 0 aliphatic heterocycles. The number of nitrogens with one attached hydrogen (secondary N) is 3. The van der Waals surface area contributed by atoms with Crippen LogP contribution in [-0.2, 0) is 14.8 Å². The molecule has 1 aliphatic carbocycles. The van der Waals surface area contributed by atoms with Gasteiger partial charge in [-0.2, -0.15) is 0 Å². The Morgan fingerprint density at radius 3 is 2.80 bits per heavy atom. The molecule has 1 aromatic heterocycles. The first kappa shape index (κ1) is 14.7. The van der Waals surface area contributed by atoms with Crippen molar-refractivity contribution in [1.29, 1.82) is 0 Å². The summed E-state index contributed by atoms with van der Waals surface area (Å²) in [4.78, 5) is 15.2. The smallest absolute Gasteiger partial charge is 0.244 e. The summed E-state index contributed by atoms with van der Waals surface area (Å²) >= 11 is 0. The van der Waals surface area contributed by atoms with Crippen molar-refractivity contribution in [2.45, 2.75) is 17.7 Å². The quantitative estimate of drug-likeness (QED) is 0.296. The molecule has 2 rings (SSSR count). The lowest BCUT2D eigenvalue weighted by Crippen LogP contribution is -2.35. The number of nitrogens with two attached hydrogens (primary N) is 1. The average molecular weight is 299 g/mol. The average Bonchev–Trinajstić information content (AvgIpc) is 3.28. The number of anilines is 1. The standard InChI is InChI=1S/C11H17N5O3S/c12-16-10-9(2-1-5-13-10)20(18,19)15-7-6-14-11(17)8-3-4-8/h1-2,5,8,15H,3-4,6-7,12H2,(H,13,16)(H,14,17). The predicted molar refractivity (Wildman–Crippen MR) is 73.0 cm³/mol. The molecule has 1 aliphatic rings. The predicted octanol–water partition coefficient (Wildman–Crippen LogP) is -0.828. The molecule has 1 saturated carbocycles. The topological polar surface area (TPSA) is 126 Å². The first-order valence-corrected chi connectivity index (χ1v) is 7.72. The Balaban J connectivity index is 1.88. The number of carbonyl (C=O) groups excluding carboxylic acids is 1. The summed E-state index contributed by atoms with van der Waals surface area (Å²) in [5.41, 5.74) is 2.23. The van der Waals surface area contributed by atoms with Crippen molar-refractivity contribution < 1.29 is 13.2 Å². The second-order valence-corrected chi connectivity index (χ2v) is 6.19. The van der Waals surface area contributed by atoms with Gasteiger partial charge in [-0.25, -0.2) is 24.0 Å². The van der Waals surface area contributed by atoms with E-state index in [9.17, 15) is 13.2 Å². The fraction of sp³-hybridized carbons (Fsp3) is 0.455. The number of rotatable bonds is 7. The third-order valence-electron chi connectivity index (χ3n) is 2.86. The van der Waals surface area contributed by atoms with Crippen LogP contribution in [0, 0.1) is 5.92 Å². The molecule has 9 heteroatoms. The van der Waals surface area contributed by atoms with Gasteiger partial charge in [-0.1, -0.05) is 0 Å². The van der Waals surface area contributed by atoms with Crippen LogP contribution < -0.4 is 21.3 Å². The van der Waals surface area contributed by atoms with Crippen molar-refractivity contribution in [3.8, 4) is 0 Å². The minimum Gasteiger partial charge on any atom is -0.355 e. The molecule has 1 fully saturated rings. The van der Waals surface area contributed by atoms with Gasteiger partial charge in [-0.15, -0.1) is 0 Å². The van der Waals surface area contributed by atoms with E-state index in [-0.39, 0.29) is 35.6 Å². The highest BCUT2D eigenvalue weighted by Gasteiger charge is 2.29. The second kappa shape index (κ2) is 6.16. The van der Waals surface area contributed by atoms with Gasteiger partial charge >= 0.3 is 0 Å². The number of nitrogens with zero attached hydrogens (tertiary/aromatic N) is 1. The van der Waals surface area contributed by atoms with E-state index in [1.807, 2.05) is 0 Å². The van der Waals surface area contributed by atoms with E-state index in [1.165, 1.54) is 18.3 Å². The third-order valence-corrected chi connectivity index (χ3v) is 4.35. The molecule has 1 aromatic rings. The van der Waals surface area contributed by atoms with Gasteiger partial charge in [-0.05, 0) is 25.0 Å². The van der Waals surface area contributed by atoms with Crippen LogP contribution in [0.25, 0.3) is 0 Å². The largest absolute Gasteiger partial charge is 0.355 e. The molecule has 0 spiro atoms. The molecule has 0 saturated heterocycles. The van der Waals surface area contributed by atoms with Crippen LogP contribution in [0.3, 0.4) is 0 Å². The highest BCUT2D eigenvalue weighted by molar-refractivity contribution is 7.89. The minimum atomic E-state index is -3.71. The lowest BCUT2D eigenvalue weighted by molar-refractivity contribution is -0.122. The van der Waals surface area contributed by atoms with Gasteiger partial charge in [0.2, 0.25) is 15.9 Å². The number of aromatic nitrogens is 1. The summed E-state index contributed by atoms with van der Waals surface area (Å²) in [6.45, 7) is 0.361. The van der Waals surface area contributed by atoms with E-state index in [4.69, 9.17) is 5.84 Å². The zero-order valence-electron chi connectivity index (χ0n) is 10.8. The van der Waals surface area contributed by atoms with E-state index in [0.717, 1.165) is 12.8 Å². The van der Waals surface area contributed by atoms with Gasteiger partial charge in [-0.3, -0.25) is 4.79 Å². The van der Waals surface area contributed by atoms with Crippen LogP contribution in [0.1, 0.15) is 12.8 Å². The Morgan fingerprint density at radius 1 is 1.40 bits per heavy atom. The van der Waals surface area contributed by atoms with Gasteiger partial charge in [0.25, 0.3) is 0 Å². The number of nitrogen functional groups attached to an aromatic ring is 1. The molecule has 0 atom stereocenters. The van der Waals surface area contributed by atoms with E-state index >= 15 is 0 Å². The summed E-state index contributed by atoms with van der Waals surface area (Å²) in [6, 6.07) is 2.90. The second-order valence-electron chi connectivity index (χ2n) is 4.46. The lowest BCUT2D eigenvalue weighted by atomic mass is 10.4. The van der Waals surface area contributed by atoms with Crippen LogP contribution in [-0.4, -0.2) is 32.4 Å². The van der Waals surface area contributed by atoms with Crippen molar-refractivity contribution in [3.05, 3.63) is 18.3 Å². The summed E-state index contributed by atoms with van der Waals surface area (Å²) < 4.78 is 26.5. The van der Waals surface area contributed by atoms with Gasteiger partial charge in [0, 0.05) is 25.2 Å². The minimum absolute atomic E-state index is 0.0186. The van der Waals surface area contributed by atoms with Crippen LogP contribution in [0.2, 0.25) is 0 Å².